The van der Waals surface area contributed by atoms with Crippen molar-refractivity contribution >= 4 is 11.8 Å². The number of rotatable bonds is 6. The molecule has 116 valence electrons. The predicted molar refractivity (Wildman–Crippen MR) is 79.2 cm³/mol. The van der Waals surface area contributed by atoms with Gasteiger partial charge in [-0.2, -0.15) is 0 Å². The number of nitrogens with two attached hydrogens (primary N) is 1. The summed E-state index contributed by atoms with van der Waals surface area (Å²) >= 11 is 0. The van der Waals surface area contributed by atoms with E-state index in [9.17, 15) is 9.59 Å². The van der Waals surface area contributed by atoms with Gasteiger partial charge < -0.3 is 15.5 Å². The fraction of sp³-hybridized carbons (Fsp3) is 0.857. The molecule has 2 N–H and O–H groups in total. The molecule has 0 aromatic rings. The number of piperidine rings is 1. The van der Waals surface area contributed by atoms with Gasteiger partial charge in [-0.1, -0.05) is 6.92 Å². The first kappa shape index (κ1) is 16.9. The van der Waals surface area contributed by atoms with Gasteiger partial charge >= 0.3 is 0 Å². The number of hydrogen-bond acceptors (Lipinski definition) is 4. The van der Waals surface area contributed by atoms with Gasteiger partial charge in [0.05, 0.1) is 13.1 Å². The van der Waals surface area contributed by atoms with Gasteiger partial charge in [-0.15, -0.1) is 0 Å². The molecule has 1 aliphatic rings. The maximum Gasteiger partial charge on any atom is 0.241 e. The van der Waals surface area contributed by atoms with Crippen LogP contribution in [0.4, 0.5) is 0 Å². The predicted octanol–water partition coefficient (Wildman–Crippen LogP) is -0.264. The highest BCUT2D eigenvalue weighted by Gasteiger charge is 2.22. The Morgan fingerprint density at radius 1 is 1.20 bits per heavy atom. The summed E-state index contributed by atoms with van der Waals surface area (Å²) in [5.74, 6) is 0.00462. The van der Waals surface area contributed by atoms with Gasteiger partial charge in [0.1, 0.15) is 0 Å². The highest BCUT2D eigenvalue weighted by molar-refractivity contribution is 5.85. The lowest BCUT2D eigenvalue weighted by Crippen LogP contribution is -2.48. The van der Waals surface area contributed by atoms with Crippen molar-refractivity contribution in [1.82, 2.24) is 14.7 Å². The summed E-state index contributed by atoms with van der Waals surface area (Å²) < 4.78 is 0. The molecule has 1 aliphatic heterocycles. The van der Waals surface area contributed by atoms with Crippen molar-refractivity contribution in [3.05, 3.63) is 0 Å². The molecule has 0 atom stereocenters. The number of likely N-dealkylation sites (N-methyl/N-ethyl adjacent to an activating group) is 1. The number of nitrogens with zero attached hydrogens (tertiary/aromatic N) is 3. The Labute approximate surface area is 121 Å². The number of carbonyl (C=O) groups excluding carboxylic acids is 2. The van der Waals surface area contributed by atoms with Crippen LogP contribution in [0.1, 0.15) is 26.2 Å². The van der Waals surface area contributed by atoms with Crippen LogP contribution in [-0.4, -0.2) is 79.4 Å². The third-order valence-corrected chi connectivity index (χ3v) is 3.66. The summed E-state index contributed by atoms with van der Waals surface area (Å²) in [7, 11) is 3.42. The van der Waals surface area contributed by atoms with E-state index in [4.69, 9.17) is 5.73 Å². The summed E-state index contributed by atoms with van der Waals surface area (Å²) in [6.45, 7) is 4.95. The largest absolute Gasteiger partial charge is 0.347 e. The summed E-state index contributed by atoms with van der Waals surface area (Å²) in [6, 6.07) is 0.267. The van der Waals surface area contributed by atoms with Crippen molar-refractivity contribution in [2.24, 2.45) is 5.73 Å². The molecule has 1 fully saturated rings. The van der Waals surface area contributed by atoms with E-state index >= 15 is 0 Å². The van der Waals surface area contributed by atoms with Crippen LogP contribution in [0.3, 0.4) is 0 Å². The fourth-order valence-corrected chi connectivity index (χ4v) is 2.27. The molecular formula is C14H28N4O2. The molecule has 0 aliphatic carbocycles. The van der Waals surface area contributed by atoms with Gasteiger partial charge in [-0.25, -0.2) is 0 Å². The van der Waals surface area contributed by atoms with E-state index in [-0.39, 0.29) is 24.4 Å². The van der Waals surface area contributed by atoms with E-state index in [1.165, 1.54) is 4.90 Å². The van der Waals surface area contributed by atoms with Gasteiger partial charge in [0.25, 0.3) is 0 Å². The number of amides is 2. The summed E-state index contributed by atoms with van der Waals surface area (Å²) in [4.78, 5) is 29.4. The van der Waals surface area contributed by atoms with Crippen molar-refractivity contribution in [2.45, 2.75) is 32.2 Å². The van der Waals surface area contributed by atoms with Crippen LogP contribution in [0.2, 0.25) is 0 Å². The lowest BCUT2D eigenvalue weighted by Gasteiger charge is -2.31. The van der Waals surface area contributed by atoms with Crippen molar-refractivity contribution in [3.63, 3.8) is 0 Å². The molecule has 0 spiro atoms. The molecule has 20 heavy (non-hydrogen) atoms. The van der Waals surface area contributed by atoms with Crippen molar-refractivity contribution in [2.75, 3.05) is 46.8 Å². The molecule has 0 saturated carbocycles. The molecule has 1 heterocycles. The molecule has 6 nitrogen and oxygen atoms in total. The van der Waals surface area contributed by atoms with Crippen molar-refractivity contribution < 1.29 is 9.59 Å². The zero-order valence-electron chi connectivity index (χ0n) is 13.0. The topological polar surface area (TPSA) is 69.9 Å². The van der Waals surface area contributed by atoms with Gasteiger partial charge in [-0.05, 0) is 19.3 Å². The molecule has 6 heteroatoms. The molecule has 0 radical (unpaired) electrons. The first-order valence-corrected chi connectivity index (χ1v) is 7.40. The number of carbonyl (C=O) groups is 2. The SMILES string of the molecule is CCCN(CC(=O)N(C)C)C(=O)CN1CCC(N)CC1. The van der Waals surface area contributed by atoms with E-state index < -0.39 is 0 Å². The maximum atomic E-state index is 12.3. The van der Waals surface area contributed by atoms with E-state index in [0.29, 0.717) is 13.1 Å². The van der Waals surface area contributed by atoms with Gasteiger partial charge in [0.2, 0.25) is 11.8 Å². The van der Waals surface area contributed by atoms with Crippen LogP contribution in [0.5, 0.6) is 0 Å². The Morgan fingerprint density at radius 3 is 2.30 bits per heavy atom. The van der Waals surface area contributed by atoms with Crippen LogP contribution in [-0.2, 0) is 9.59 Å². The molecule has 0 aromatic heterocycles. The highest BCUT2D eigenvalue weighted by atomic mass is 16.2. The Balaban J connectivity index is 2.49. The van der Waals surface area contributed by atoms with Crippen LogP contribution in [0.15, 0.2) is 0 Å². The minimum Gasteiger partial charge on any atom is -0.347 e. The summed E-state index contributed by atoms with van der Waals surface area (Å²) in [5.41, 5.74) is 5.86. The van der Waals surface area contributed by atoms with Crippen LogP contribution < -0.4 is 5.73 Å². The third-order valence-electron chi connectivity index (χ3n) is 3.66. The second kappa shape index (κ2) is 8.21. The Bertz CT molecular complexity index is 325. The molecule has 0 unspecified atom stereocenters. The van der Waals surface area contributed by atoms with Gasteiger partial charge in [0, 0.05) is 39.8 Å². The van der Waals surface area contributed by atoms with E-state index in [1.54, 1.807) is 19.0 Å². The molecule has 1 saturated heterocycles. The quantitative estimate of drug-likeness (QED) is 0.729. The lowest BCUT2D eigenvalue weighted by molar-refractivity contribution is -0.140. The summed E-state index contributed by atoms with van der Waals surface area (Å²) in [5, 5.41) is 0. The van der Waals surface area contributed by atoms with E-state index in [2.05, 4.69) is 4.90 Å². The first-order valence-electron chi connectivity index (χ1n) is 7.40. The standard InChI is InChI=1S/C14H28N4O2/c1-4-7-18(11-13(19)16(2)3)14(20)10-17-8-5-12(15)6-9-17/h12H,4-11,15H2,1-3H3. The van der Waals surface area contributed by atoms with E-state index in [0.717, 1.165) is 32.4 Å². The molecular weight excluding hydrogens is 256 g/mol. The second-order valence-corrected chi connectivity index (χ2v) is 5.72. The third kappa shape index (κ3) is 5.46. The average Bonchev–Trinajstić information content (AvgIpc) is 2.40. The molecule has 0 bridgehead atoms. The van der Waals surface area contributed by atoms with Crippen LogP contribution in [0.25, 0.3) is 0 Å². The normalized spacial score (nSPS) is 17.0. The Morgan fingerprint density at radius 2 is 1.80 bits per heavy atom. The highest BCUT2D eigenvalue weighted by Crippen LogP contribution is 2.08. The zero-order chi connectivity index (χ0) is 15.1. The molecule has 0 aromatic carbocycles. The lowest BCUT2D eigenvalue weighted by atomic mass is 10.1. The number of hydrogen-bond donors (Lipinski definition) is 1. The minimum atomic E-state index is -0.0348. The van der Waals surface area contributed by atoms with Crippen molar-refractivity contribution in [3.8, 4) is 0 Å². The number of likely N-dealkylation sites (tertiary alicyclic amines) is 1. The van der Waals surface area contributed by atoms with E-state index in [1.807, 2.05) is 6.92 Å². The maximum absolute atomic E-state index is 12.3. The van der Waals surface area contributed by atoms with Crippen LogP contribution >= 0.6 is 0 Å². The first-order chi connectivity index (χ1) is 9.43. The van der Waals surface area contributed by atoms with Crippen LogP contribution in [0, 0.1) is 0 Å². The van der Waals surface area contributed by atoms with Crippen molar-refractivity contribution in [1.29, 1.82) is 0 Å². The minimum absolute atomic E-state index is 0.0348. The molecule has 2 amide bonds. The zero-order valence-corrected chi connectivity index (χ0v) is 13.0. The Kier molecular flexibility index (Phi) is 6.95. The Hall–Kier alpha value is -1.14. The smallest absolute Gasteiger partial charge is 0.241 e. The van der Waals surface area contributed by atoms with Gasteiger partial charge in [-0.3, -0.25) is 14.5 Å². The monoisotopic (exact) mass is 284 g/mol. The molecule has 1 rings (SSSR count). The van der Waals surface area contributed by atoms with Gasteiger partial charge in [0.15, 0.2) is 0 Å². The average molecular weight is 284 g/mol. The summed E-state index contributed by atoms with van der Waals surface area (Å²) in [6.07, 6.45) is 2.74. The second-order valence-electron chi connectivity index (χ2n) is 5.72. The fourth-order valence-electron chi connectivity index (χ4n) is 2.27.